The van der Waals surface area contributed by atoms with Crippen molar-refractivity contribution in [2.24, 2.45) is 0 Å². The summed E-state index contributed by atoms with van der Waals surface area (Å²) < 4.78 is 0. The molecule has 0 aliphatic rings. The molecular weight excluding hydrogens is 350 g/mol. The molecule has 1 heterocycles. The first kappa shape index (κ1) is 17.6. The van der Waals surface area contributed by atoms with E-state index in [9.17, 15) is 0 Å². The number of hydrogen-bond acceptors (Lipinski definition) is 1. The molecule has 0 amide bonds. The maximum atomic E-state index is 5.03. The number of pyridine rings is 1. The Balaban J connectivity index is 2.03. The smallest absolute Gasteiger partial charge is 0.0722 e. The second-order valence-corrected chi connectivity index (χ2v) is 7.84. The van der Waals surface area contributed by atoms with Gasteiger partial charge in [0.25, 0.3) is 0 Å². The average Bonchev–Trinajstić information content (AvgIpc) is 2.72. The summed E-state index contributed by atoms with van der Waals surface area (Å²) >= 11 is 0. The lowest BCUT2D eigenvalue weighted by Crippen LogP contribution is -1.96. The number of para-hydroxylation sites is 1. The average molecular weight is 373 g/mol. The molecule has 4 aromatic carbocycles. The van der Waals surface area contributed by atoms with Crippen LogP contribution in [0.3, 0.4) is 0 Å². The van der Waals surface area contributed by atoms with Gasteiger partial charge in [0, 0.05) is 16.3 Å². The molecule has 0 atom stereocenters. The predicted molar refractivity (Wildman–Crippen MR) is 124 cm³/mol. The van der Waals surface area contributed by atoms with Crippen LogP contribution in [0.5, 0.6) is 0 Å². The van der Waals surface area contributed by atoms with Crippen molar-refractivity contribution in [2.75, 3.05) is 0 Å². The van der Waals surface area contributed by atoms with Gasteiger partial charge in [-0.3, -0.25) is 0 Å². The van der Waals surface area contributed by atoms with Crippen molar-refractivity contribution < 1.29 is 0 Å². The lowest BCUT2D eigenvalue weighted by Gasteiger charge is -2.19. The molecule has 1 nitrogen and oxygen atoms in total. The van der Waals surface area contributed by atoms with E-state index in [4.69, 9.17) is 4.98 Å². The highest BCUT2D eigenvalue weighted by Crippen LogP contribution is 2.42. The van der Waals surface area contributed by atoms with Gasteiger partial charge in [0.15, 0.2) is 0 Å². The van der Waals surface area contributed by atoms with Crippen LogP contribution in [0.2, 0.25) is 0 Å². The lowest BCUT2D eigenvalue weighted by molar-refractivity contribution is 1.32. The first-order valence-electron chi connectivity index (χ1n) is 10.1. The normalized spacial score (nSPS) is 11.3. The van der Waals surface area contributed by atoms with Crippen LogP contribution in [-0.4, -0.2) is 4.98 Å². The summed E-state index contributed by atoms with van der Waals surface area (Å²) in [5.74, 6) is 0. The van der Waals surface area contributed by atoms with E-state index in [1.807, 2.05) is 0 Å². The SMILES string of the molecule is Cc1cc(C)c(-c2c3ccccc3nc3cccc(-c4ccccc4)c23)c(C)c1. The van der Waals surface area contributed by atoms with Gasteiger partial charge < -0.3 is 0 Å². The van der Waals surface area contributed by atoms with E-state index in [1.54, 1.807) is 0 Å². The molecule has 1 heteroatoms. The summed E-state index contributed by atoms with van der Waals surface area (Å²) in [6.45, 7) is 6.62. The van der Waals surface area contributed by atoms with Crippen LogP contribution in [0, 0.1) is 20.8 Å². The van der Waals surface area contributed by atoms with Gasteiger partial charge >= 0.3 is 0 Å². The quantitative estimate of drug-likeness (QED) is 0.290. The standard InChI is InChI=1S/C28H23N/c1-18-16-19(2)26(20(3)17-18)28-23-12-7-8-14-24(23)29-25-15-9-13-22(27(25)28)21-10-5-4-6-11-21/h4-17H,1-3H3. The predicted octanol–water partition coefficient (Wildman–Crippen LogP) is 7.65. The van der Waals surface area contributed by atoms with E-state index in [0.717, 1.165) is 11.0 Å². The summed E-state index contributed by atoms with van der Waals surface area (Å²) in [5.41, 5.74) is 11.1. The minimum absolute atomic E-state index is 1.04. The van der Waals surface area contributed by atoms with Crippen molar-refractivity contribution in [3.8, 4) is 22.3 Å². The molecule has 0 spiro atoms. The fourth-order valence-corrected chi connectivity index (χ4v) is 4.64. The van der Waals surface area contributed by atoms with Crippen LogP contribution < -0.4 is 0 Å². The van der Waals surface area contributed by atoms with Gasteiger partial charge in [-0.25, -0.2) is 4.98 Å². The topological polar surface area (TPSA) is 12.9 Å². The Kier molecular flexibility index (Phi) is 4.17. The van der Waals surface area contributed by atoms with Crippen molar-refractivity contribution >= 4 is 21.8 Å². The summed E-state index contributed by atoms with van der Waals surface area (Å²) in [6, 6.07) is 30.2. The molecule has 0 aliphatic heterocycles. The number of aromatic nitrogens is 1. The number of hydrogen-bond donors (Lipinski definition) is 0. The van der Waals surface area contributed by atoms with Crippen LogP contribution in [0.15, 0.2) is 84.9 Å². The Morgan fingerprint density at radius 2 is 1.24 bits per heavy atom. The molecular formula is C28H23N. The van der Waals surface area contributed by atoms with E-state index in [-0.39, 0.29) is 0 Å². The minimum Gasteiger partial charge on any atom is -0.248 e. The van der Waals surface area contributed by atoms with Crippen LogP contribution in [0.25, 0.3) is 44.1 Å². The zero-order valence-corrected chi connectivity index (χ0v) is 17.0. The number of benzene rings is 4. The van der Waals surface area contributed by atoms with E-state index in [0.29, 0.717) is 0 Å². The maximum absolute atomic E-state index is 5.03. The highest BCUT2D eigenvalue weighted by atomic mass is 14.7. The first-order chi connectivity index (χ1) is 14.1. The third kappa shape index (κ3) is 2.91. The monoisotopic (exact) mass is 373 g/mol. The van der Waals surface area contributed by atoms with Gasteiger partial charge in [0.2, 0.25) is 0 Å². The number of rotatable bonds is 2. The molecule has 0 fully saturated rings. The minimum atomic E-state index is 1.04. The highest BCUT2D eigenvalue weighted by molar-refractivity contribution is 6.15. The summed E-state index contributed by atoms with van der Waals surface area (Å²) in [5, 5.41) is 2.44. The molecule has 5 rings (SSSR count). The van der Waals surface area contributed by atoms with Crippen LogP contribution in [0.4, 0.5) is 0 Å². The van der Waals surface area contributed by atoms with Gasteiger partial charge in [0.05, 0.1) is 11.0 Å². The zero-order valence-electron chi connectivity index (χ0n) is 17.0. The Hall–Kier alpha value is -3.45. The van der Waals surface area contributed by atoms with Gasteiger partial charge in [-0.2, -0.15) is 0 Å². The number of fused-ring (bicyclic) bond motifs is 2. The molecule has 140 valence electrons. The first-order valence-corrected chi connectivity index (χ1v) is 10.1. The Bertz CT molecular complexity index is 1340. The second-order valence-electron chi connectivity index (χ2n) is 7.84. The molecule has 0 bridgehead atoms. The van der Waals surface area contributed by atoms with Crippen molar-refractivity contribution in [2.45, 2.75) is 20.8 Å². The molecule has 29 heavy (non-hydrogen) atoms. The molecule has 0 radical (unpaired) electrons. The zero-order chi connectivity index (χ0) is 20.0. The van der Waals surface area contributed by atoms with Crippen molar-refractivity contribution in [3.63, 3.8) is 0 Å². The largest absolute Gasteiger partial charge is 0.248 e. The van der Waals surface area contributed by atoms with Crippen LogP contribution in [0.1, 0.15) is 16.7 Å². The molecule has 0 aliphatic carbocycles. The second kappa shape index (κ2) is 6.86. The Morgan fingerprint density at radius 1 is 0.586 bits per heavy atom. The van der Waals surface area contributed by atoms with Crippen LogP contribution in [-0.2, 0) is 0 Å². The van der Waals surface area contributed by atoms with Crippen molar-refractivity contribution in [1.82, 2.24) is 4.98 Å². The van der Waals surface area contributed by atoms with Gasteiger partial charge in [-0.05, 0) is 60.7 Å². The van der Waals surface area contributed by atoms with Gasteiger partial charge in [-0.1, -0.05) is 78.4 Å². The molecule has 0 N–H and O–H groups in total. The van der Waals surface area contributed by atoms with Crippen molar-refractivity contribution in [1.29, 1.82) is 0 Å². The summed E-state index contributed by atoms with van der Waals surface area (Å²) in [6.07, 6.45) is 0. The Labute approximate surface area is 171 Å². The summed E-state index contributed by atoms with van der Waals surface area (Å²) in [7, 11) is 0. The fourth-order valence-electron chi connectivity index (χ4n) is 4.64. The molecule has 1 aromatic heterocycles. The number of aryl methyl sites for hydroxylation is 3. The molecule has 0 unspecified atom stereocenters. The van der Waals surface area contributed by atoms with E-state index in [1.165, 1.54) is 49.7 Å². The summed E-state index contributed by atoms with van der Waals surface area (Å²) in [4.78, 5) is 5.03. The van der Waals surface area contributed by atoms with E-state index < -0.39 is 0 Å². The van der Waals surface area contributed by atoms with Gasteiger partial charge in [-0.15, -0.1) is 0 Å². The third-order valence-corrected chi connectivity index (χ3v) is 5.72. The highest BCUT2D eigenvalue weighted by Gasteiger charge is 2.18. The molecule has 0 saturated carbocycles. The van der Waals surface area contributed by atoms with E-state index in [2.05, 4.69) is 106 Å². The number of nitrogens with zero attached hydrogens (tertiary/aromatic N) is 1. The Morgan fingerprint density at radius 3 is 2.00 bits per heavy atom. The van der Waals surface area contributed by atoms with Gasteiger partial charge in [0.1, 0.15) is 0 Å². The van der Waals surface area contributed by atoms with E-state index >= 15 is 0 Å². The van der Waals surface area contributed by atoms with Crippen LogP contribution >= 0.6 is 0 Å². The molecule has 5 aromatic rings. The lowest BCUT2D eigenvalue weighted by atomic mass is 9.86. The fraction of sp³-hybridized carbons (Fsp3) is 0.107. The molecule has 0 saturated heterocycles. The van der Waals surface area contributed by atoms with Crippen molar-refractivity contribution in [3.05, 3.63) is 102 Å². The maximum Gasteiger partial charge on any atom is 0.0722 e. The third-order valence-electron chi connectivity index (χ3n) is 5.72.